The molecule has 2 aliphatic heterocycles. The summed E-state index contributed by atoms with van der Waals surface area (Å²) in [6.07, 6.45) is 5.25. The summed E-state index contributed by atoms with van der Waals surface area (Å²) in [5.74, 6) is -0.0184. The molecule has 21 heavy (non-hydrogen) atoms. The van der Waals surface area contributed by atoms with E-state index in [2.05, 4.69) is 5.32 Å². The van der Waals surface area contributed by atoms with Crippen LogP contribution in [0.2, 0.25) is 0 Å². The van der Waals surface area contributed by atoms with Gasteiger partial charge in [-0.1, -0.05) is 12.8 Å². The molecule has 6 nitrogen and oxygen atoms in total. The van der Waals surface area contributed by atoms with Gasteiger partial charge in [-0.2, -0.15) is 0 Å². The van der Waals surface area contributed by atoms with Crippen molar-refractivity contribution in [1.29, 1.82) is 0 Å². The lowest BCUT2D eigenvalue weighted by molar-refractivity contribution is -0.133. The summed E-state index contributed by atoms with van der Waals surface area (Å²) in [6.45, 7) is 1.59. The van der Waals surface area contributed by atoms with Crippen molar-refractivity contribution >= 4 is 21.7 Å². The van der Waals surface area contributed by atoms with Crippen LogP contribution in [0.5, 0.6) is 0 Å². The molecule has 2 fully saturated rings. The molecule has 1 N–H and O–H groups in total. The standard InChI is InChI=1S/C14H24N2O4S/c17-13(15-12-7-10-21(19,20)11-12)5-6-14(18)16-8-3-1-2-4-9-16/h12H,1-11H2,(H,15,17)/t12-/m1/s1. The maximum atomic E-state index is 12.0. The zero-order valence-corrected chi connectivity index (χ0v) is 13.2. The summed E-state index contributed by atoms with van der Waals surface area (Å²) in [4.78, 5) is 25.7. The number of sulfone groups is 1. The Morgan fingerprint density at radius 3 is 2.29 bits per heavy atom. The third kappa shape index (κ3) is 5.30. The largest absolute Gasteiger partial charge is 0.352 e. The van der Waals surface area contributed by atoms with Crippen LogP contribution in [-0.2, 0) is 19.4 Å². The number of carbonyl (C=O) groups excluding carboxylic acids is 2. The molecule has 0 radical (unpaired) electrons. The first-order valence-electron chi connectivity index (χ1n) is 7.74. The molecule has 2 saturated heterocycles. The van der Waals surface area contributed by atoms with E-state index < -0.39 is 9.84 Å². The van der Waals surface area contributed by atoms with Gasteiger partial charge in [-0.25, -0.2) is 8.42 Å². The Morgan fingerprint density at radius 2 is 1.71 bits per heavy atom. The van der Waals surface area contributed by atoms with Crippen LogP contribution in [0.15, 0.2) is 0 Å². The van der Waals surface area contributed by atoms with Gasteiger partial charge in [0, 0.05) is 32.0 Å². The monoisotopic (exact) mass is 316 g/mol. The summed E-state index contributed by atoms with van der Waals surface area (Å²) >= 11 is 0. The quantitative estimate of drug-likeness (QED) is 0.817. The van der Waals surface area contributed by atoms with E-state index in [9.17, 15) is 18.0 Å². The molecule has 2 rings (SSSR count). The summed E-state index contributed by atoms with van der Waals surface area (Å²) in [5, 5.41) is 2.72. The highest BCUT2D eigenvalue weighted by atomic mass is 32.2. The van der Waals surface area contributed by atoms with E-state index in [-0.39, 0.29) is 42.2 Å². The van der Waals surface area contributed by atoms with Crippen LogP contribution in [0.3, 0.4) is 0 Å². The number of amides is 2. The van der Waals surface area contributed by atoms with E-state index in [1.54, 1.807) is 0 Å². The number of nitrogens with one attached hydrogen (secondary N) is 1. The van der Waals surface area contributed by atoms with Crippen LogP contribution in [0, 0.1) is 0 Å². The van der Waals surface area contributed by atoms with Gasteiger partial charge >= 0.3 is 0 Å². The molecular weight excluding hydrogens is 292 g/mol. The van der Waals surface area contributed by atoms with E-state index >= 15 is 0 Å². The second-order valence-corrected chi connectivity index (χ2v) is 8.19. The topological polar surface area (TPSA) is 83.6 Å². The third-order valence-electron chi connectivity index (χ3n) is 4.12. The Morgan fingerprint density at radius 1 is 1.05 bits per heavy atom. The zero-order valence-electron chi connectivity index (χ0n) is 12.3. The van der Waals surface area contributed by atoms with E-state index in [1.807, 2.05) is 4.90 Å². The molecule has 2 amide bonds. The smallest absolute Gasteiger partial charge is 0.223 e. The Labute approximate surface area is 126 Å². The van der Waals surface area contributed by atoms with Gasteiger partial charge in [0.15, 0.2) is 9.84 Å². The molecule has 0 aliphatic carbocycles. The lowest BCUT2D eigenvalue weighted by atomic mass is 10.2. The van der Waals surface area contributed by atoms with Crippen molar-refractivity contribution < 1.29 is 18.0 Å². The van der Waals surface area contributed by atoms with Gasteiger partial charge < -0.3 is 10.2 Å². The number of carbonyl (C=O) groups is 2. The molecule has 1 atom stereocenters. The molecule has 0 aromatic heterocycles. The summed E-state index contributed by atoms with van der Waals surface area (Å²) in [6, 6.07) is -0.282. The normalized spacial score (nSPS) is 25.3. The SMILES string of the molecule is O=C(CCC(=O)N1CCCCCC1)N[C@@H]1CCS(=O)(=O)C1. The molecule has 2 heterocycles. The van der Waals surface area contributed by atoms with E-state index in [0.717, 1.165) is 25.9 Å². The Balaban J connectivity index is 1.69. The fourth-order valence-electron chi connectivity index (χ4n) is 2.91. The van der Waals surface area contributed by atoms with Crippen LogP contribution in [-0.4, -0.2) is 55.8 Å². The number of hydrogen-bond acceptors (Lipinski definition) is 4. The average Bonchev–Trinajstić information content (AvgIpc) is 2.66. The fraction of sp³-hybridized carbons (Fsp3) is 0.857. The Bertz CT molecular complexity index is 481. The van der Waals surface area contributed by atoms with Gasteiger partial charge in [0.05, 0.1) is 11.5 Å². The van der Waals surface area contributed by atoms with Crippen LogP contribution >= 0.6 is 0 Å². The van der Waals surface area contributed by atoms with Gasteiger partial charge in [-0.05, 0) is 19.3 Å². The number of likely N-dealkylation sites (tertiary alicyclic amines) is 1. The molecule has 120 valence electrons. The Kier molecular flexibility index (Phi) is 5.61. The van der Waals surface area contributed by atoms with Gasteiger partial charge in [0.2, 0.25) is 11.8 Å². The summed E-state index contributed by atoms with van der Waals surface area (Å²) < 4.78 is 22.6. The number of nitrogens with zero attached hydrogens (tertiary/aromatic N) is 1. The first-order valence-corrected chi connectivity index (χ1v) is 9.56. The highest BCUT2D eigenvalue weighted by molar-refractivity contribution is 7.91. The molecule has 0 aromatic rings. The second kappa shape index (κ2) is 7.24. The van der Waals surface area contributed by atoms with Gasteiger partial charge in [-0.15, -0.1) is 0 Å². The molecular formula is C14H24N2O4S. The van der Waals surface area contributed by atoms with E-state index in [0.29, 0.717) is 6.42 Å². The minimum Gasteiger partial charge on any atom is -0.352 e. The van der Waals surface area contributed by atoms with E-state index in [4.69, 9.17) is 0 Å². The molecule has 2 aliphatic rings. The minimum atomic E-state index is -2.98. The highest BCUT2D eigenvalue weighted by Crippen LogP contribution is 2.13. The molecule has 0 bridgehead atoms. The lowest BCUT2D eigenvalue weighted by Crippen LogP contribution is -2.37. The van der Waals surface area contributed by atoms with Crippen LogP contribution < -0.4 is 5.32 Å². The summed E-state index contributed by atoms with van der Waals surface area (Å²) in [7, 11) is -2.98. The van der Waals surface area contributed by atoms with Crippen molar-refractivity contribution in [2.75, 3.05) is 24.6 Å². The van der Waals surface area contributed by atoms with Gasteiger partial charge in [0.25, 0.3) is 0 Å². The van der Waals surface area contributed by atoms with Crippen LogP contribution in [0.4, 0.5) is 0 Å². The van der Waals surface area contributed by atoms with Crippen molar-refractivity contribution in [2.45, 2.75) is 51.0 Å². The van der Waals surface area contributed by atoms with Crippen LogP contribution in [0.1, 0.15) is 44.9 Å². The lowest BCUT2D eigenvalue weighted by Gasteiger charge is -2.20. The molecule has 0 aromatic carbocycles. The van der Waals surface area contributed by atoms with Crippen molar-refractivity contribution in [2.24, 2.45) is 0 Å². The van der Waals surface area contributed by atoms with Gasteiger partial charge in [0.1, 0.15) is 0 Å². The first kappa shape index (κ1) is 16.3. The zero-order chi connectivity index (χ0) is 15.3. The average molecular weight is 316 g/mol. The van der Waals surface area contributed by atoms with Gasteiger partial charge in [-0.3, -0.25) is 9.59 Å². The first-order chi connectivity index (χ1) is 9.96. The number of rotatable bonds is 4. The Hall–Kier alpha value is -1.11. The molecule has 7 heteroatoms. The maximum absolute atomic E-state index is 12.0. The molecule has 0 unspecified atom stereocenters. The number of hydrogen-bond donors (Lipinski definition) is 1. The second-order valence-electron chi connectivity index (χ2n) is 5.96. The third-order valence-corrected chi connectivity index (χ3v) is 5.89. The molecule has 0 spiro atoms. The van der Waals surface area contributed by atoms with Crippen LogP contribution in [0.25, 0.3) is 0 Å². The van der Waals surface area contributed by atoms with E-state index in [1.165, 1.54) is 12.8 Å². The van der Waals surface area contributed by atoms with Crippen molar-refractivity contribution in [1.82, 2.24) is 10.2 Å². The predicted molar refractivity (Wildman–Crippen MR) is 79.5 cm³/mol. The predicted octanol–water partition coefficient (Wildman–Crippen LogP) is 0.473. The van der Waals surface area contributed by atoms with Crippen molar-refractivity contribution in [3.63, 3.8) is 0 Å². The van der Waals surface area contributed by atoms with Crippen molar-refractivity contribution in [3.8, 4) is 0 Å². The minimum absolute atomic E-state index is 0.0266. The van der Waals surface area contributed by atoms with Crippen molar-refractivity contribution in [3.05, 3.63) is 0 Å². The fourth-order valence-corrected chi connectivity index (χ4v) is 4.58. The molecule has 0 saturated carbocycles. The highest BCUT2D eigenvalue weighted by Gasteiger charge is 2.29. The maximum Gasteiger partial charge on any atom is 0.223 e. The summed E-state index contributed by atoms with van der Waals surface area (Å²) in [5.41, 5.74) is 0.